The summed E-state index contributed by atoms with van der Waals surface area (Å²) in [5.41, 5.74) is 3.42. The van der Waals surface area contributed by atoms with Crippen molar-refractivity contribution >= 4 is 40.1 Å². The number of rotatable bonds is 6. The summed E-state index contributed by atoms with van der Waals surface area (Å²) in [6.45, 7) is 4.06. The molecule has 0 atom stereocenters. The quantitative estimate of drug-likeness (QED) is 0.346. The van der Waals surface area contributed by atoms with Crippen LogP contribution < -0.4 is 10.1 Å². The number of benzene rings is 2. The molecule has 4 rings (SSSR count). The number of nitrogens with one attached hydrogen (secondary N) is 1. The molecule has 8 heteroatoms. The van der Waals surface area contributed by atoms with E-state index in [1.54, 1.807) is 26.2 Å². The average molecular weight is 438 g/mol. The molecule has 2 aromatic carbocycles. The summed E-state index contributed by atoms with van der Waals surface area (Å²) >= 11 is 6.00. The molecule has 31 heavy (non-hydrogen) atoms. The van der Waals surface area contributed by atoms with E-state index in [9.17, 15) is 9.59 Å². The lowest BCUT2D eigenvalue weighted by molar-refractivity contribution is -0.112. The fourth-order valence-electron chi connectivity index (χ4n) is 3.56. The van der Waals surface area contributed by atoms with E-state index >= 15 is 0 Å². The van der Waals surface area contributed by atoms with E-state index in [0.717, 1.165) is 11.1 Å². The molecule has 1 N–H and O–H groups in total. The standard InChI is InChI=1S/C23H20ClN3O4/c1-13-10-20(31-26-13)25-23(29)22(28)21-14(2)27(12-15-4-6-16(24)7-5-15)19-9-8-17(30-3)11-18(19)21/h4-11H,12H2,1-3H3,(H,25,29). The monoisotopic (exact) mass is 437 g/mol. The van der Waals surface area contributed by atoms with Gasteiger partial charge in [-0.2, -0.15) is 0 Å². The fourth-order valence-corrected chi connectivity index (χ4v) is 3.68. The first-order chi connectivity index (χ1) is 14.9. The summed E-state index contributed by atoms with van der Waals surface area (Å²) in [4.78, 5) is 25.8. The van der Waals surface area contributed by atoms with Crippen LogP contribution in [0.3, 0.4) is 0 Å². The van der Waals surface area contributed by atoms with Crippen LogP contribution in [0.1, 0.15) is 27.3 Å². The van der Waals surface area contributed by atoms with E-state index in [-0.39, 0.29) is 5.88 Å². The number of anilines is 1. The van der Waals surface area contributed by atoms with Gasteiger partial charge in [0, 0.05) is 34.2 Å². The number of halogens is 1. The van der Waals surface area contributed by atoms with E-state index in [1.807, 2.05) is 47.9 Å². The van der Waals surface area contributed by atoms with Crippen LogP contribution in [0.15, 0.2) is 53.1 Å². The highest BCUT2D eigenvalue weighted by molar-refractivity contribution is 6.48. The summed E-state index contributed by atoms with van der Waals surface area (Å²) in [5, 5.41) is 7.48. The molecule has 7 nitrogen and oxygen atoms in total. The number of aryl methyl sites for hydroxylation is 1. The number of nitrogens with zero attached hydrogens (tertiary/aromatic N) is 2. The van der Waals surface area contributed by atoms with Gasteiger partial charge in [0.1, 0.15) is 5.75 Å². The Morgan fingerprint density at radius 1 is 1.13 bits per heavy atom. The van der Waals surface area contributed by atoms with E-state index in [0.29, 0.717) is 39.7 Å². The molecule has 0 fully saturated rings. The van der Waals surface area contributed by atoms with Gasteiger partial charge in [0.05, 0.1) is 18.4 Å². The zero-order valence-corrected chi connectivity index (χ0v) is 18.0. The van der Waals surface area contributed by atoms with Crippen molar-refractivity contribution < 1.29 is 18.8 Å². The smallest absolute Gasteiger partial charge is 0.299 e. The topological polar surface area (TPSA) is 86.4 Å². The molecular formula is C23H20ClN3O4. The Labute approximate surface area is 183 Å². The summed E-state index contributed by atoms with van der Waals surface area (Å²) in [6, 6.07) is 14.5. The van der Waals surface area contributed by atoms with Crippen LogP contribution in [0.5, 0.6) is 5.75 Å². The predicted octanol–water partition coefficient (Wildman–Crippen LogP) is 4.78. The number of fused-ring (bicyclic) bond motifs is 1. The molecule has 158 valence electrons. The predicted molar refractivity (Wildman–Crippen MR) is 118 cm³/mol. The van der Waals surface area contributed by atoms with E-state index in [4.69, 9.17) is 20.9 Å². The van der Waals surface area contributed by atoms with Gasteiger partial charge in [-0.1, -0.05) is 28.9 Å². The fraction of sp³-hybridized carbons (Fsp3) is 0.174. The van der Waals surface area contributed by atoms with Crippen molar-refractivity contribution in [3.8, 4) is 5.75 Å². The largest absolute Gasteiger partial charge is 0.497 e. The number of aromatic nitrogens is 2. The number of hydrogen-bond acceptors (Lipinski definition) is 5. The Balaban J connectivity index is 1.77. The molecule has 0 saturated heterocycles. The molecule has 0 aliphatic carbocycles. The maximum absolute atomic E-state index is 13.2. The number of carbonyl (C=O) groups excluding carboxylic acids is 2. The van der Waals surface area contributed by atoms with Crippen molar-refractivity contribution in [2.24, 2.45) is 0 Å². The van der Waals surface area contributed by atoms with Gasteiger partial charge in [0.2, 0.25) is 5.88 Å². The van der Waals surface area contributed by atoms with Gasteiger partial charge in [0.15, 0.2) is 0 Å². The highest BCUT2D eigenvalue weighted by Crippen LogP contribution is 2.31. The zero-order chi connectivity index (χ0) is 22.1. The molecule has 1 amide bonds. The van der Waals surface area contributed by atoms with E-state index in [2.05, 4.69) is 10.5 Å². The molecule has 0 aliphatic heterocycles. The maximum Gasteiger partial charge on any atom is 0.299 e. The van der Waals surface area contributed by atoms with Gasteiger partial charge in [-0.3, -0.25) is 14.9 Å². The molecule has 0 spiro atoms. The molecule has 0 radical (unpaired) electrons. The molecule has 0 unspecified atom stereocenters. The lowest BCUT2D eigenvalue weighted by Gasteiger charge is -2.09. The number of Topliss-reactive ketones (excluding diaryl/α,β-unsaturated/α-hetero) is 1. The van der Waals surface area contributed by atoms with Crippen molar-refractivity contribution in [3.63, 3.8) is 0 Å². The van der Waals surface area contributed by atoms with Gasteiger partial charge in [-0.25, -0.2) is 0 Å². The molecule has 2 heterocycles. The van der Waals surface area contributed by atoms with Crippen LogP contribution in [-0.4, -0.2) is 28.5 Å². The van der Waals surface area contributed by atoms with Crippen molar-refractivity contribution in [2.45, 2.75) is 20.4 Å². The van der Waals surface area contributed by atoms with Crippen LogP contribution in [0.25, 0.3) is 10.9 Å². The first kappa shape index (κ1) is 20.7. The van der Waals surface area contributed by atoms with Gasteiger partial charge >= 0.3 is 0 Å². The van der Waals surface area contributed by atoms with Crippen LogP contribution in [-0.2, 0) is 11.3 Å². The average Bonchev–Trinajstić information content (AvgIpc) is 3.29. The second-order valence-corrected chi connectivity index (χ2v) is 7.61. The van der Waals surface area contributed by atoms with Crippen molar-refractivity contribution in [1.82, 2.24) is 9.72 Å². The molecule has 2 aromatic heterocycles. The second kappa shape index (κ2) is 8.28. The minimum Gasteiger partial charge on any atom is -0.497 e. The van der Waals surface area contributed by atoms with E-state index < -0.39 is 11.7 Å². The second-order valence-electron chi connectivity index (χ2n) is 7.17. The number of methoxy groups -OCH3 is 1. The Hall–Kier alpha value is -3.58. The number of hydrogen-bond donors (Lipinski definition) is 1. The summed E-state index contributed by atoms with van der Waals surface area (Å²) in [5.74, 6) is -0.750. The third kappa shape index (κ3) is 4.04. The summed E-state index contributed by atoms with van der Waals surface area (Å²) in [7, 11) is 1.55. The molecular weight excluding hydrogens is 418 g/mol. The van der Waals surface area contributed by atoms with Crippen molar-refractivity contribution in [2.75, 3.05) is 12.4 Å². The van der Waals surface area contributed by atoms with Crippen molar-refractivity contribution in [3.05, 3.63) is 76.1 Å². The molecule has 0 bridgehead atoms. The first-order valence-electron chi connectivity index (χ1n) is 9.57. The Morgan fingerprint density at radius 3 is 2.52 bits per heavy atom. The lowest BCUT2D eigenvalue weighted by Crippen LogP contribution is -2.23. The van der Waals surface area contributed by atoms with Gasteiger partial charge in [-0.05, 0) is 49.7 Å². The maximum atomic E-state index is 13.2. The molecule has 0 aliphatic rings. The SMILES string of the molecule is COc1ccc2c(c1)c(C(=O)C(=O)Nc1cc(C)no1)c(C)n2Cc1ccc(Cl)cc1. The molecule has 0 saturated carbocycles. The Kier molecular flexibility index (Phi) is 5.52. The highest BCUT2D eigenvalue weighted by atomic mass is 35.5. The number of amides is 1. The minimum atomic E-state index is -0.799. The van der Waals surface area contributed by atoms with Gasteiger partial charge < -0.3 is 13.8 Å². The Bertz CT molecular complexity index is 1290. The zero-order valence-electron chi connectivity index (χ0n) is 17.2. The third-order valence-electron chi connectivity index (χ3n) is 5.08. The number of carbonyl (C=O) groups is 2. The third-order valence-corrected chi connectivity index (χ3v) is 5.33. The van der Waals surface area contributed by atoms with Gasteiger partial charge in [-0.15, -0.1) is 0 Å². The summed E-state index contributed by atoms with van der Waals surface area (Å²) < 4.78 is 12.3. The van der Waals surface area contributed by atoms with Crippen LogP contribution in [0, 0.1) is 13.8 Å². The first-order valence-corrected chi connectivity index (χ1v) is 9.95. The van der Waals surface area contributed by atoms with Crippen LogP contribution >= 0.6 is 11.6 Å². The van der Waals surface area contributed by atoms with Gasteiger partial charge in [0.25, 0.3) is 11.7 Å². The number of ether oxygens (including phenoxy) is 1. The van der Waals surface area contributed by atoms with Crippen molar-refractivity contribution in [1.29, 1.82) is 0 Å². The summed E-state index contributed by atoms with van der Waals surface area (Å²) in [6.07, 6.45) is 0. The van der Waals surface area contributed by atoms with Crippen LogP contribution in [0.2, 0.25) is 5.02 Å². The van der Waals surface area contributed by atoms with Crippen LogP contribution in [0.4, 0.5) is 5.88 Å². The highest BCUT2D eigenvalue weighted by Gasteiger charge is 2.26. The Morgan fingerprint density at radius 2 is 1.87 bits per heavy atom. The molecule has 4 aromatic rings. The lowest BCUT2D eigenvalue weighted by atomic mass is 10.1. The minimum absolute atomic E-state index is 0.121. The normalized spacial score (nSPS) is 11.0. The number of ketones is 1. The van der Waals surface area contributed by atoms with E-state index in [1.165, 1.54) is 0 Å².